The van der Waals surface area contributed by atoms with E-state index in [1.54, 1.807) is 0 Å². The second-order valence-electron chi connectivity index (χ2n) is 4.96. The molecule has 18 nitrogen and oxygen atoms in total. The number of nitrogens with zero attached hydrogens (tertiary/aromatic N) is 4. The largest absolute Gasteiger partial charge is 1.00 e. The molecular formula is C10H14Li2N5O13P3. The molecule has 7 atom stereocenters. The van der Waals surface area contributed by atoms with Gasteiger partial charge in [0.2, 0.25) is 5.72 Å². The first kappa shape index (κ1) is 15.2. The van der Waals surface area contributed by atoms with Crippen molar-refractivity contribution in [3.63, 3.8) is 0 Å². The maximum atomic E-state index is 12.8. The van der Waals surface area contributed by atoms with Crippen LogP contribution in [0.25, 0.3) is 11.2 Å². The zero-order valence-electron chi connectivity index (χ0n) is 29.9. The molecule has 3 heterocycles. The topological polar surface area (TPSA) is 285 Å². The van der Waals surface area contributed by atoms with Gasteiger partial charge in [0.1, 0.15) is 32.8 Å². The average molecular weight is 533 g/mol. The van der Waals surface area contributed by atoms with Gasteiger partial charge in [-0.25, -0.2) is 28.1 Å². The molecule has 0 radical (unpaired) electrons. The Bertz CT molecular complexity index is 1640. The molecule has 0 amide bonds. The summed E-state index contributed by atoms with van der Waals surface area (Å²) < 4.78 is 161. The zero-order valence-corrected chi connectivity index (χ0v) is 18.6. The Hall–Kier alpha value is -0.165. The van der Waals surface area contributed by atoms with Crippen molar-refractivity contribution < 1.29 is 113 Å². The quantitative estimate of drug-likeness (QED) is 0.118. The van der Waals surface area contributed by atoms with Crippen molar-refractivity contribution >= 4 is 40.4 Å². The van der Waals surface area contributed by atoms with Crippen LogP contribution < -0.4 is 53.2 Å². The molecule has 0 bridgehead atoms. The van der Waals surface area contributed by atoms with E-state index in [4.69, 9.17) is 24.3 Å². The summed E-state index contributed by atoms with van der Waals surface area (Å²) in [6.07, 6.45) is -19.2. The number of aliphatic hydroxyl groups is 2. The number of hydrogen-bond acceptors (Lipinski definition) is 17. The van der Waals surface area contributed by atoms with E-state index >= 15 is 0 Å². The molecular weight excluding hydrogens is 505 g/mol. The van der Waals surface area contributed by atoms with Crippen LogP contribution in [0.15, 0.2) is 12.6 Å². The van der Waals surface area contributed by atoms with Gasteiger partial charge in [0.15, 0.2) is 20.5 Å². The molecule has 1 aliphatic rings. The summed E-state index contributed by atoms with van der Waals surface area (Å²) in [4.78, 5) is 39.8. The molecule has 0 spiro atoms. The first-order valence-corrected chi connectivity index (χ1v) is 11.3. The predicted octanol–water partition coefficient (Wildman–Crippen LogP) is -8.88. The minimum Gasteiger partial charge on any atom is -0.756 e. The van der Waals surface area contributed by atoms with E-state index in [9.17, 15) is 23.5 Å². The van der Waals surface area contributed by atoms with E-state index < -0.39 is 84.1 Å². The van der Waals surface area contributed by atoms with Crippen LogP contribution in [0.3, 0.4) is 0 Å². The molecule has 1 aliphatic heterocycles. The molecule has 0 saturated carbocycles. The van der Waals surface area contributed by atoms with Crippen LogP contribution in [0, 0.1) is 0 Å². The minimum absolute atomic E-state index is 0. The van der Waals surface area contributed by atoms with Crippen LogP contribution in [0.1, 0.15) is 17.2 Å². The third kappa shape index (κ3) is 7.66. The fourth-order valence-corrected chi connectivity index (χ4v) is 4.52. The number of aromatic nitrogens is 4. The van der Waals surface area contributed by atoms with E-state index in [0.29, 0.717) is 0 Å². The summed E-state index contributed by atoms with van der Waals surface area (Å²) >= 11 is 0. The van der Waals surface area contributed by atoms with Gasteiger partial charge in [-0.1, -0.05) is 0 Å². The smallest absolute Gasteiger partial charge is 0.756 e. The van der Waals surface area contributed by atoms with E-state index in [2.05, 4.69) is 48.1 Å². The molecule has 1 saturated heterocycles. The monoisotopic (exact) mass is 533 g/mol. The number of hydrogen-bond donors (Lipinski definition) is 5. The maximum absolute atomic E-state index is 12.8. The summed E-state index contributed by atoms with van der Waals surface area (Å²) in [6.45, 7) is -4.61. The predicted molar refractivity (Wildman–Crippen MR) is 91.0 cm³/mol. The number of phosphoric ester groups is 1. The minimum atomic E-state index is -6.62. The number of nitrogens with two attached hydrogens (primary N) is 1. The third-order valence-electron chi connectivity index (χ3n) is 2.87. The molecule has 33 heavy (non-hydrogen) atoms. The number of nitrogen functional groups attached to an aromatic ring is 1. The standard InChI is InChI=1S/C10H16N5O13P3.2Li/c11-8-5-9(13-2-12-8)15(3-14-5)10-7(17)6(16)4(26-10)1-25-30(21,22)28-31(23,24)27-29(18,19)20;;/h2-4,6-7,10,16-17H,1H2,(H,21,22)(H,23,24)(H2,11,12,13)(H2,18,19,20);;/q;2*+1/p-2/t4-,6-,7?,10-;;/m1../s1/i1D2,2D,3D,4D,6D,7D,10D,16D,17D;;/hD4. The molecule has 23 heteroatoms. The summed E-state index contributed by atoms with van der Waals surface area (Å²) in [5, 5.41) is 8.08. The van der Waals surface area contributed by atoms with Crippen molar-refractivity contribution in [2.75, 3.05) is 12.3 Å². The van der Waals surface area contributed by atoms with Gasteiger partial charge in [-0.15, -0.1) is 0 Å². The molecule has 1 fully saturated rings. The average Bonchev–Trinajstić information content (AvgIpc) is 3.31. The fraction of sp³-hybridized carbons (Fsp3) is 0.500. The van der Waals surface area contributed by atoms with Crippen molar-refractivity contribution in [3.05, 3.63) is 12.6 Å². The first-order chi connectivity index (χ1) is 20.3. The van der Waals surface area contributed by atoms with Gasteiger partial charge in [-0.2, -0.15) is 0 Å². The first-order valence-electron chi connectivity index (χ1n) is 13.5. The Labute approximate surface area is 228 Å². The van der Waals surface area contributed by atoms with Crippen LogP contribution in [0.2, 0.25) is 2.82 Å². The van der Waals surface area contributed by atoms with E-state index in [-0.39, 0.29) is 48.0 Å². The van der Waals surface area contributed by atoms with Gasteiger partial charge in [0.25, 0.3) is 15.6 Å². The van der Waals surface area contributed by atoms with Gasteiger partial charge in [0, 0.05) is 0 Å². The van der Waals surface area contributed by atoms with Gasteiger partial charge < -0.3 is 40.3 Å². The van der Waals surface area contributed by atoms with Crippen molar-refractivity contribution in [1.29, 1.82) is 5.72 Å². The zero-order chi connectivity index (χ0) is 34.8. The van der Waals surface area contributed by atoms with Crippen molar-refractivity contribution in [3.8, 4) is 0 Å². The molecule has 4 unspecified atom stereocenters. The molecule has 3 rings (SSSR count). The second kappa shape index (κ2) is 11.3. The van der Waals surface area contributed by atoms with Gasteiger partial charge in [-0.3, -0.25) is 18.2 Å². The number of ether oxygens (including phenoxy) is 1. The van der Waals surface area contributed by atoms with Crippen LogP contribution in [-0.2, 0) is 31.6 Å². The summed E-state index contributed by atoms with van der Waals surface area (Å²) in [5.41, 5.74) is -1.97. The summed E-state index contributed by atoms with van der Waals surface area (Å²) in [6, 6.07) is 0. The Kier molecular flexibility index (Phi) is 5.18. The number of anilines is 1. The van der Waals surface area contributed by atoms with Crippen LogP contribution in [0.5, 0.6) is 0 Å². The molecule has 6 N–H and O–H groups in total. The van der Waals surface area contributed by atoms with E-state index in [0.717, 1.165) is 0 Å². The van der Waals surface area contributed by atoms with Gasteiger partial charge in [0.05, 0.1) is 21.1 Å². The second-order valence-corrected chi connectivity index (χ2v) is 9.13. The molecule has 174 valence electrons. The molecule has 2 aromatic heterocycles. The normalized spacial score (nSPS) is 43.3. The SMILES string of the molecule is [2H]OC1([2H])[C@]([2H])(n2c([2H])nc3c(N([2H])[2H])nc([2H])nc32)O[C@]([2H])(C([2H])([2H])OP(=O)(O[2H])OP(=O)([O-])OP(=O)([O-])O[2H])[C@@]1([2H])O[2H].[Li+].[Li+]. The van der Waals surface area contributed by atoms with E-state index in [1.807, 2.05) is 0 Å². The molecule has 0 aromatic carbocycles. The van der Waals surface area contributed by atoms with Crippen molar-refractivity contribution in [1.82, 2.24) is 19.5 Å². The van der Waals surface area contributed by atoms with Gasteiger partial charge >= 0.3 is 45.5 Å². The van der Waals surface area contributed by atoms with Gasteiger partial charge in [-0.05, 0) is 0 Å². The fourth-order valence-electron chi connectivity index (χ4n) is 1.85. The van der Waals surface area contributed by atoms with Crippen LogP contribution >= 0.6 is 23.5 Å². The van der Waals surface area contributed by atoms with Crippen molar-refractivity contribution in [2.24, 2.45) is 0 Å². The number of phosphoric acid groups is 3. The Balaban J connectivity index is 0.00000552. The van der Waals surface area contributed by atoms with E-state index in [1.165, 1.54) is 0 Å². The third-order valence-corrected chi connectivity index (χ3v) is 6.38. The summed E-state index contributed by atoms with van der Waals surface area (Å²) in [7, 11) is -19.2. The Morgan fingerprint density at radius 3 is 2.67 bits per heavy atom. The Morgan fingerprint density at radius 2 is 2.03 bits per heavy atom. The molecule has 2 aromatic rings. The maximum Gasteiger partial charge on any atom is 1.00 e. The molecule has 0 aliphatic carbocycles. The van der Waals surface area contributed by atoms with Crippen LogP contribution in [-0.4, -0.2) is 70.1 Å². The number of rotatable bonds is 13. The number of fused-ring (bicyclic) bond motifs is 1. The van der Waals surface area contributed by atoms with Crippen molar-refractivity contribution in [2.45, 2.75) is 24.4 Å². The summed E-state index contributed by atoms with van der Waals surface area (Å²) in [5.74, 6) is -0.834. The Morgan fingerprint density at radius 1 is 1.27 bits per heavy atom. The van der Waals surface area contributed by atoms with Crippen LogP contribution in [0.4, 0.5) is 5.82 Å². The number of imidazole rings is 1.